The Morgan fingerprint density at radius 3 is 2.34 bits per heavy atom. The first-order valence-electron chi connectivity index (χ1n) is 9.99. The van der Waals surface area contributed by atoms with Crippen LogP contribution in [-0.2, 0) is 17.5 Å². The summed E-state index contributed by atoms with van der Waals surface area (Å²) < 4.78 is 46.2. The monoisotopic (exact) mass is 510 g/mol. The van der Waals surface area contributed by atoms with Gasteiger partial charge in [0, 0.05) is 11.8 Å². The Morgan fingerprint density at radius 1 is 1.11 bits per heavy atom. The number of carbonyl (C=O) groups is 2. The van der Waals surface area contributed by atoms with Crippen LogP contribution >= 0.6 is 11.6 Å². The number of amides is 1. The highest BCUT2D eigenvalue weighted by atomic mass is 35.5. The summed E-state index contributed by atoms with van der Waals surface area (Å²) in [5, 5.41) is -0.684. The van der Waals surface area contributed by atoms with Crippen molar-refractivity contribution in [3.8, 4) is 5.69 Å². The summed E-state index contributed by atoms with van der Waals surface area (Å²) in [5.41, 5.74) is -1.60. The molecule has 0 unspecified atom stereocenters. The van der Waals surface area contributed by atoms with Crippen molar-refractivity contribution in [1.82, 2.24) is 14.6 Å². The molecule has 184 valence electrons. The second-order valence-corrected chi connectivity index (χ2v) is 7.48. The molecule has 0 saturated carbocycles. The van der Waals surface area contributed by atoms with Crippen LogP contribution in [-0.4, -0.2) is 27.6 Å². The largest absolute Gasteiger partial charge is 0.462 e. The van der Waals surface area contributed by atoms with E-state index in [0.29, 0.717) is 4.57 Å². The van der Waals surface area contributed by atoms with E-state index in [9.17, 15) is 32.3 Å². The maximum atomic E-state index is 13.3. The highest BCUT2D eigenvalue weighted by Gasteiger charge is 2.34. The predicted molar refractivity (Wildman–Crippen MR) is 119 cm³/mol. The molecule has 0 spiro atoms. The number of hydrogen-bond donors (Lipinski definition) is 2. The highest BCUT2D eigenvalue weighted by molar-refractivity contribution is 6.32. The van der Waals surface area contributed by atoms with Gasteiger partial charge in [-0.3, -0.25) is 24.1 Å². The second-order valence-electron chi connectivity index (χ2n) is 7.10. The third-order valence-corrected chi connectivity index (χ3v) is 5.36. The second kappa shape index (κ2) is 10.2. The molecule has 0 aliphatic heterocycles. The van der Waals surface area contributed by atoms with Crippen molar-refractivity contribution < 1.29 is 27.5 Å². The summed E-state index contributed by atoms with van der Waals surface area (Å²) in [5.74, 6) is 3.46. The fraction of sp³-hybridized carbons (Fsp3) is 0.182. The zero-order valence-electron chi connectivity index (χ0n) is 18.1. The lowest BCUT2D eigenvalue weighted by atomic mass is 10.1. The normalized spacial score (nSPS) is 11.3. The molecule has 0 fully saturated rings. The minimum Gasteiger partial charge on any atom is -0.462 e. The molecule has 3 N–H and O–H groups in total. The Hall–Kier alpha value is -3.90. The van der Waals surface area contributed by atoms with Crippen LogP contribution in [0.25, 0.3) is 5.69 Å². The van der Waals surface area contributed by atoms with Gasteiger partial charge in [0.2, 0.25) is 0 Å². The van der Waals surface area contributed by atoms with Crippen LogP contribution in [0.3, 0.4) is 0 Å². The number of nitrogen functional groups attached to an aromatic ring is 1. The Balaban J connectivity index is 2.21. The van der Waals surface area contributed by atoms with E-state index < -0.39 is 52.0 Å². The smallest absolute Gasteiger partial charge is 0.417 e. The number of benzene rings is 2. The van der Waals surface area contributed by atoms with Crippen LogP contribution in [0.2, 0.25) is 5.02 Å². The van der Waals surface area contributed by atoms with Gasteiger partial charge in [-0.15, -0.1) is 0 Å². The summed E-state index contributed by atoms with van der Waals surface area (Å²) >= 11 is 5.93. The number of alkyl halides is 3. The number of nitrogens with zero attached hydrogens (tertiary/aromatic N) is 2. The van der Waals surface area contributed by atoms with Crippen LogP contribution in [0.5, 0.6) is 0 Å². The van der Waals surface area contributed by atoms with Crippen LogP contribution in [0, 0.1) is 0 Å². The van der Waals surface area contributed by atoms with Crippen LogP contribution in [0.1, 0.15) is 38.8 Å². The van der Waals surface area contributed by atoms with Crippen molar-refractivity contribution in [2.75, 3.05) is 6.61 Å². The minimum atomic E-state index is -4.76. The third-order valence-electron chi connectivity index (χ3n) is 4.92. The Bertz CT molecular complexity index is 1400. The van der Waals surface area contributed by atoms with Crippen LogP contribution < -0.4 is 22.5 Å². The van der Waals surface area contributed by atoms with Crippen molar-refractivity contribution >= 4 is 23.5 Å². The van der Waals surface area contributed by atoms with Gasteiger partial charge in [-0.1, -0.05) is 23.7 Å². The van der Waals surface area contributed by atoms with E-state index in [4.69, 9.17) is 22.2 Å². The lowest BCUT2D eigenvalue weighted by Crippen LogP contribution is -2.42. The molecule has 0 bridgehead atoms. The van der Waals surface area contributed by atoms with Crippen molar-refractivity contribution in [2.45, 2.75) is 19.6 Å². The molecule has 35 heavy (non-hydrogen) atoms. The molecule has 0 atom stereocenters. The molecular weight excluding hydrogens is 493 g/mol. The van der Waals surface area contributed by atoms with E-state index in [1.165, 1.54) is 37.3 Å². The SMILES string of the molecule is CCOC(=O)c1cn(-c2ccc(C(=O)NN)cc2)c(=O)n(Cc2cccc(C(F)(F)F)c2Cl)c1=O. The summed E-state index contributed by atoms with van der Waals surface area (Å²) in [4.78, 5) is 50.3. The number of hydrogen-bond acceptors (Lipinski definition) is 6. The standard InChI is InChI=1S/C22H18ClF3N4O5/c1-2-35-20(33)15-11-29(14-8-6-12(7-9-14)18(31)28-27)21(34)30(19(15)32)10-13-4-3-5-16(17(13)23)22(24,25)26/h3-9,11H,2,10,27H2,1H3,(H,28,31). The number of rotatable bonds is 6. The first-order chi connectivity index (χ1) is 16.5. The molecule has 3 aromatic rings. The van der Waals surface area contributed by atoms with Gasteiger partial charge in [0.1, 0.15) is 5.56 Å². The first kappa shape index (κ1) is 25.7. The van der Waals surface area contributed by atoms with Crippen molar-refractivity contribution in [3.05, 3.63) is 96.8 Å². The summed E-state index contributed by atoms with van der Waals surface area (Å²) in [6, 6.07) is 8.47. The molecule has 3 rings (SSSR count). The Morgan fingerprint density at radius 2 is 1.77 bits per heavy atom. The fourth-order valence-corrected chi connectivity index (χ4v) is 3.52. The minimum absolute atomic E-state index is 0.0697. The summed E-state index contributed by atoms with van der Waals surface area (Å²) in [7, 11) is 0. The number of nitrogens with one attached hydrogen (secondary N) is 1. The lowest BCUT2D eigenvalue weighted by molar-refractivity contribution is -0.137. The fourth-order valence-electron chi connectivity index (χ4n) is 3.22. The number of halogens is 4. The van der Waals surface area contributed by atoms with Gasteiger partial charge in [0.15, 0.2) is 0 Å². The topological polar surface area (TPSA) is 125 Å². The molecule has 1 amide bonds. The van der Waals surface area contributed by atoms with Crippen molar-refractivity contribution in [2.24, 2.45) is 5.84 Å². The Kier molecular flexibility index (Phi) is 7.46. The van der Waals surface area contributed by atoms with Gasteiger partial charge >= 0.3 is 17.8 Å². The zero-order chi connectivity index (χ0) is 25.9. The molecule has 0 saturated heterocycles. The van der Waals surface area contributed by atoms with Gasteiger partial charge in [-0.2, -0.15) is 13.2 Å². The molecule has 1 heterocycles. The number of carbonyl (C=O) groups excluding carboxylic acids is 2. The van der Waals surface area contributed by atoms with Crippen LogP contribution in [0.15, 0.2) is 58.3 Å². The number of hydrazine groups is 1. The molecule has 1 aromatic heterocycles. The number of esters is 1. The first-order valence-corrected chi connectivity index (χ1v) is 10.4. The quantitative estimate of drug-likeness (QED) is 0.227. The average molecular weight is 511 g/mol. The molecule has 0 aliphatic carbocycles. The van der Waals surface area contributed by atoms with Gasteiger partial charge in [0.05, 0.1) is 29.4 Å². The van der Waals surface area contributed by atoms with E-state index in [-0.39, 0.29) is 23.4 Å². The Labute approximate surface area is 200 Å². The highest BCUT2D eigenvalue weighted by Crippen LogP contribution is 2.36. The van der Waals surface area contributed by atoms with E-state index in [2.05, 4.69) is 0 Å². The zero-order valence-corrected chi connectivity index (χ0v) is 18.8. The van der Waals surface area contributed by atoms with Crippen LogP contribution in [0.4, 0.5) is 13.2 Å². The average Bonchev–Trinajstić information content (AvgIpc) is 2.82. The summed E-state index contributed by atoms with van der Waals surface area (Å²) in [6.07, 6.45) is -3.80. The van der Waals surface area contributed by atoms with Gasteiger partial charge in [-0.05, 0) is 42.8 Å². The molecule has 2 aromatic carbocycles. The van der Waals surface area contributed by atoms with Gasteiger partial charge in [0.25, 0.3) is 11.5 Å². The predicted octanol–water partition coefficient (Wildman–Crippen LogP) is 2.50. The third kappa shape index (κ3) is 5.28. The number of nitrogens with two attached hydrogens (primary N) is 1. The molecule has 0 aliphatic rings. The molecule has 0 radical (unpaired) electrons. The molecule has 13 heteroatoms. The summed E-state index contributed by atoms with van der Waals surface area (Å²) in [6.45, 7) is 0.789. The lowest BCUT2D eigenvalue weighted by Gasteiger charge is -2.15. The number of aromatic nitrogens is 2. The maximum absolute atomic E-state index is 13.3. The maximum Gasteiger partial charge on any atom is 0.417 e. The van der Waals surface area contributed by atoms with Gasteiger partial charge < -0.3 is 4.74 Å². The van der Waals surface area contributed by atoms with E-state index >= 15 is 0 Å². The van der Waals surface area contributed by atoms with E-state index in [0.717, 1.165) is 22.9 Å². The van der Waals surface area contributed by atoms with Crippen molar-refractivity contribution in [1.29, 1.82) is 0 Å². The molecule has 9 nitrogen and oxygen atoms in total. The van der Waals surface area contributed by atoms with Crippen molar-refractivity contribution in [3.63, 3.8) is 0 Å². The van der Waals surface area contributed by atoms with E-state index in [1.807, 2.05) is 5.43 Å². The van der Waals surface area contributed by atoms with E-state index in [1.54, 1.807) is 0 Å². The molecular formula is C22H18ClF3N4O5. The number of ether oxygens (including phenoxy) is 1. The van der Waals surface area contributed by atoms with Gasteiger partial charge in [-0.25, -0.2) is 15.4 Å².